The number of ether oxygens (including phenoxy) is 1. The van der Waals surface area contributed by atoms with E-state index in [9.17, 15) is 4.79 Å². The minimum absolute atomic E-state index is 0.150. The highest BCUT2D eigenvalue weighted by atomic mass is 35.5. The summed E-state index contributed by atoms with van der Waals surface area (Å²) in [6, 6.07) is 22.4. The van der Waals surface area contributed by atoms with Crippen molar-refractivity contribution in [2.24, 2.45) is 0 Å². The van der Waals surface area contributed by atoms with Gasteiger partial charge in [0.25, 0.3) is 5.91 Å². The number of nitrogens with one attached hydrogen (secondary N) is 1. The van der Waals surface area contributed by atoms with Gasteiger partial charge in [0.2, 0.25) is 0 Å². The maximum Gasteiger partial charge on any atom is 0.270 e. The second-order valence-electron chi connectivity index (χ2n) is 9.17. The summed E-state index contributed by atoms with van der Waals surface area (Å²) < 4.78 is 7.90. The zero-order chi connectivity index (χ0) is 24.9. The number of rotatable bonds is 8. The summed E-state index contributed by atoms with van der Waals surface area (Å²) in [4.78, 5) is 20.0. The Balaban J connectivity index is 1.14. The van der Waals surface area contributed by atoms with Crippen molar-refractivity contribution in [1.29, 1.82) is 0 Å². The number of fused-ring (bicyclic) bond motifs is 1. The Labute approximate surface area is 216 Å². The molecule has 0 spiro atoms. The lowest BCUT2D eigenvalue weighted by Crippen LogP contribution is -2.37. The van der Waals surface area contributed by atoms with E-state index in [-0.39, 0.29) is 5.91 Å². The predicted molar refractivity (Wildman–Crippen MR) is 144 cm³/mol. The first-order valence-corrected chi connectivity index (χ1v) is 12.9. The number of amides is 1. The van der Waals surface area contributed by atoms with Gasteiger partial charge in [0.1, 0.15) is 11.3 Å². The highest BCUT2D eigenvalue weighted by Crippen LogP contribution is 2.23. The second-order valence-corrected chi connectivity index (χ2v) is 9.60. The summed E-state index contributed by atoms with van der Waals surface area (Å²) in [6.45, 7) is 5.08. The molecule has 2 aromatic carbocycles. The van der Waals surface area contributed by atoms with Gasteiger partial charge >= 0.3 is 0 Å². The van der Waals surface area contributed by atoms with Gasteiger partial charge < -0.3 is 15.0 Å². The molecule has 0 bridgehead atoms. The molecule has 1 aliphatic rings. The standard InChI is InChI=1S/C29H31ClN4O2/c1-2-26-28(34-19-23(30)10-13-27(34)32-26)29(35)31-18-21-8-11-24(12-9-21)33-16-14-25(15-17-33)36-20-22-6-4-3-5-7-22/h3-13,19,25H,2,14-18,20H2,1H3,(H,31,35). The summed E-state index contributed by atoms with van der Waals surface area (Å²) in [5, 5.41) is 3.62. The Morgan fingerprint density at radius 1 is 1.03 bits per heavy atom. The molecule has 0 saturated carbocycles. The van der Waals surface area contributed by atoms with Gasteiger partial charge in [-0.05, 0) is 54.7 Å². The zero-order valence-corrected chi connectivity index (χ0v) is 21.2. The van der Waals surface area contributed by atoms with Crippen LogP contribution in [0, 0.1) is 0 Å². The highest BCUT2D eigenvalue weighted by Gasteiger charge is 2.21. The molecule has 0 unspecified atom stereocenters. The molecule has 186 valence electrons. The Bertz CT molecular complexity index is 1310. The van der Waals surface area contributed by atoms with E-state index in [1.54, 1.807) is 16.7 Å². The van der Waals surface area contributed by atoms with E-state index >= 15 is 0 Å². The zero-order valence-electron chi connectivity index (χ0n) is 20.5. The summed E-state index contributed by atoms with van der Waals surface area (Å²) in [5.41, 5.74) is 5.51. The lowest BCUT2D eigenvalue weighted by Gasteiger charge is -2.33. The maximum atomic E-state index is 13.0. The molecule has 1 aliphatic heterocycles. The van der Waals surface area contributed by atoms with Crippen molar-refractivity contribution in [2.75, 3.05) is 18.0 Å². The van der Waals surface area contributed by atoms with Crippen LogP contribution in [0.3, 0.4) is 0 Å². The number of piperidine rings is 1. The quantitative estimate of drug-likeness (QED) is 0.337. The number of imidazole rings is 1. The summed E-state index contributed by atoms with van der Waals surface area (Å²) in [6.07, 6.45) is 4.76. The van der Waals surface area contributed by atoms with Crippen molar-refractivity contribution >= 4 is 28.8 Å². The number of aromatic nitrogens is 2. The van der Waals surface area contributed by atoms with Gasteiger partial charge in [0.05, 0.1) is 23.4 Å². The van der Waals surface area contributed by atoms with Crippen LogP contribution in [0.4, 0.5) is 5.69 Å². The van der Waals surface area contributed by atoms with Crippen molar-refractivity contribution in [3.05, 3.63) is 100 Å². The van der Waals surface area contributed by atoms with Gasteiger partial charge in [0.15, 0.2) is 0 Å². The van der Waals surface area contributed by atoms with E-state index in [1.165, 1.54) is 11.3 Å². The van der Waals surface area contributed by atoms with Gasteiger partial charge in [-0.3, -0.25) is 9.20 Å². The van der Waals surface area contributed by atoms with Crippen molar-refractivity contribution in [1.82, 2.24) is 14.7 Å². The molecule has 2 aromatic heterocycles. The maximum absolute atomic E-state index is 13.0. The summed E-state index contributed by atoms with van der Waals surface area (Å²) in [5.74, 6) is -0.150. The molecule has 0 radical (unpaired) electrons. The van der Waals surface area contributed by atoms with Gasteiger partial charge in [0, 0.05) is 31.5 Å². The normalized spacial score (nSPS) is 14.3. The van der Waals surface area contributed by atoms with Crippen LogP contribution in [0.5, 0.6) is 0 Å². The van der Waals surface area contributed by atoms with Crippen molar-refractivity contribution in [3.8, 4) is 0 Å². The lowest BCUT2D eigenvalue weighted by molar-refractivity contribution is 0.0251. The number of halogens is 1. The highest BCUT2D eigenvalue weighted by molar-refractivity contribution is 6.30. The molecule has 1 fully saturated rings. The molecule has 0 atom stereocenters. The van der Waals surface area contributed by atoms with Crippen LogP contribution < -0.4 is 10.2 Å². The molecule has 5 rings (SSSR count). The fourth-order valence-corrected chi connectivity index (χ4v) is 4.87. The molecular weight excluding hydrogens is 472 g/mol. The SMILES string of the molecule is CCc1nc2ccc(Cl)cn2c1C(=O)NCc1ccc(N2CCC(OCc3ccccc3)CC2)cc1. The fourth-order valence-electron chi connectivity index (χ4n) is 4.71. The van der Waals surface area contributed by atoms with Gasteiger partial charge in [-0.1, -0.05) is 61.0 Å². The van der Waals surface area contributed by atoms with Crippen LogP contribution in [0.1, 0.15) is 47.1 Å². The number of pyridine rings is 1. The Morgan fingerprint density at radius 3 is 2.50 bits per heavy atom. The van der Waals surface area contributed by atoms with E-state index in [0.29, 0.717) is 36.4 Å². The monoisotopic (exact) mass is 502 g/mol. The molecule has 6 nitrogen and oxygen atoms in total. The first-order valence-electron chi connectivity index (χ1n) is 12.5. The third-order valence-electron chi connectivity index (χ3n) is 6.73. The molecule has 7 heteroatoms. The number of carbonyl (C=O) groups excluding carboxylic acids is 1. The number of carbonyl (C=O) groups is 1. The lowest BCUT2D eigenvalue weighted by atomic mass is 10.1. The molecule has 1 amide bonds. The smallest absolute Gasteiger partial charge is 0.270 e. The molecule has 1 N–H and O–H groups in total. The third kappa shape index (κ3) is 5.55. The van der Waals surface area contributed by atoms with Gasteiger partial charge in [-0.25, -0.2) is 4.98 Å². The van der Waals surface area contributed by atoms with Crippen LogP contribution in [0.15, 0.2) is 72.9 Å². The van der Waals surface area contributed by atoms with Crippen LogP contribution in [0.25, 0.3) is 5.65 Å². The number of anilines is 1. The second kappa shape index (κ2) is 11.1. The van der Waals surface area contributed by atoms with Crippen LogP contribution in [-0.2, 0) is 24.3 Å². The van der Waals surface area contributed by atoms with Gasteiger partial charge in [-0.15, -0.1) is 0 Å². The number of aryl methyl sites for hydroxylation is 1. The molecular formula is C29H31ClN4O2. The fraction of sp³-hybridized carbons (Fsp3) is 0.310. The molecule has 3 heterocycles. The number of nitrogens with zero attached hydrogens (tertiary/aromatic N) is 3. The number of hydrogen-bond acceptors (Lipinski definition) is 4. The van der Waals surface area contributed by atoms with E-state index < -0.39 is 0 Å². The number of benzene rings is 2. The largest absolute Gasteiger partial charge is 0.373 e. The predicted octanol–water partition coefficient (Wildman–Crippen LogP) is 5.67. The molecule has 36 heavy (non-hydrogen) atoms. The minimum Gasteiger partial charge on any atom is -0.373 e. The van der Waals surface area contributed by atoms with E-state index in [0.717, 1.165) is 42.8 Å². The van der Waals surface area contributed by atoms with Crippen LogP contribution in [-0.4, -0.2) is 34.5 Å². The average Bonchev–Trinajstić information content (AvgIpc) is 3.29. The Hall–Kier alpha value is -3.35. The molecule has 0 aliphatic carbocycles. The van der Waals surface area contributed by atoms with Crippen LogP contribution in [0.2, 0.25) is 5.02 Å². The van der Waals surface area contributed by atoms with E-state index in [4.69, 9.17) is 16.3 Å². The minimum atomic E-state index is -0.150. The summed E-state index contributed by atoms with van der Waals surface area (Å²) in [7, 11) is 0. The van der Waals surface area contributed by atoms with E-state index in [1.807, 2.05) is 19.1 Å². The van der Waals surface area contributed by atoms with Crippen molar-refractivity contribution in [2.45, 2.75) is 45.4 Å². The van der Waals surface area contributed by atoms with Gasteiger partial charge in [-0.2, -0.15) is 0 Å². The van der Waals surface area contributed by atoms with Crippen molar-refractivity contribution < 1.29 is 9.53 Å². The number of hydrogen-bond donors (Lipinski definition) is 1. The first kappa shape index (κ1) is 24.3. The summed E-state index contributed by atoms with van der Waals surface area (Å²) >= 11 is 6.16. The van der Waals surface area contributed by atoms with Crippen molar-refractivity contribution in [3.63, 3.8) is 0 Å². The molecule has 4 aromatic rings. The first-order chi connectivity index (χ1) is 17.6. The topological polar surface area (TPSA) is 58.9 Å². The van der Waals surface area contributed by atoms with Crippen LogP contribution >= 0.6 is 11.6 Å². The average molecular weight is 503 g/mol. The van der Waals surface area contributed by atoms with E-state index in [2.05, 4.69) is 63.7 Å². The Kier molecular flexibility index (Phi) is 7.54. The Morgan fingerprint density at radius 2 is 1.78 bits per heavy atom. The molecule has 1 saturated heterocycles. The third-order valence-corrected chi connectivity index (χ3v) is 6.95.